The van der Waals surface area contributed by atoms with Crippen LogP contribution in [0.3, 0.4) is 0 Å². The lowest BCUT2D eigenvalue weighted by molar-refractivity contribution is 0.410. The number of benzene rings is 1. The first-order chi connectivity index (χ1) is 7.29. The van der Waals surface area contributed by atoms with Crippen LogP contribution in [0.25, 0.3) is 0 Å². The summed E-state index contributed by atoms with van der Waals surface area (Å²) in [6.07, 6.45) is 0.757. The zero-order valence-electron chi connectivity index (χ0n) is 8.11. The first-order valence-electron chi connectivity index (χ1n) is 4.39. The zero-order valence-corrected chi connectivity index (χ0v) is 10.5. The molecular weight excluding hydrogens is 276 g/mol. The second-order valence-electron chi connectivity index (χ2n) is 2.94. The third-order valence-electron chi connectivity index (χ3n) is 1.98. The monoisotopic (exact) mass is 284 g/mol. The van der Waals surface area contributed by atoms with Gasteiger partial charge in [0.2, 0.25) is 0 Å². The predicted octanol–water partition coefficient (Wildman–Crippen LogP) is 2.90. The number of nitrogens with zero attached hydrogens (tertiary/aromatic N) is 2. The minimum absolute atomic E-state index is 0.757. The molecule has 0 bridgehead atoms. The van der Waals surface area contributed by atoms with E-state index in [0.29, 0.717) is 0 Å². The molecule has 15 heavy (non-hydrogen) atoms. The van der Waals surface area contributed by atoms with E-state index in [9.17, 15) is 0 Å². The van der Waals surface area contributed by atoms with Gasteiger partial charge in [0, 0.05) is 12.0 Å². The Morgan fingerprint density at radius 3 is 2.80 bits per heavy atom. The fourth-order valence-corrected chi connectivity index (χ4v) is 2.54. The topological polar surface area (TPSA) is 35.0 Å². The Bertz CT molecular complexity index is 458. The molecule has 0 spiro atoms. The summed E-state index contributed by atoms with van der Waals surface area (Å²) in [6, 6.07) is 7.94. The van der Waals surface area contributed by atoms with Crippen LogP contribution in [0.4, 0.5) is 0 Å². The summed E-state index contributed by atoms with van der Waals surface area (Å²) >= 11 is 4.84. The molecule has 0 aliphatic heterocycles. The number of halogens is 1. The lowest BCUT2D eigenvalue weighted by Gasteiger charge is -2.05. The molecule has 0 aliphatic rings. The summed E-state index contributed by atoms with van der Waals surface area (Å²) in [6.45, 7) is 0. The van der Waals surface area contributed by atoms with Gasteiger partial charge in [-0.25, -0.2) is 0 Å². The molecule has 3 nitrogen and oxygen atoms in total. The summed E-state index contributed by atoms with van der Waals surface area (Å²) in [4.78, 5) is 0. The molecule has 2 aromatic rings. The minimum atomic E-state index is 0.757. The van der Waals surface area contributed by atoms with Crippen LogP contribution in [0.15, 0.2) is 28.2 Å². The predicted molar refractivity (Wildman–Crippen MR) is 63.4 cm³/mol. The van der Waals surface area contributed by atoms with E-state index in [4.69, 9.17) is 4.74 Å². The Hall–Kier alpha value is -0.940. The normalized spacial score (nSPS) is 10.3. The van der Waals surface area contributed by atoms with E-state index >= 15 is 0 Å². The van der Waals surface area contributed by atoms with Crippen molar-refractivity contribution in [2.24, 2.45) is 0 Å². The van der Waals surface area contributed by atoms with Crippen molar-refractivity contribution in [1.29, 1.82) is 0 Å². The van der Waals surface area contributed by atoms with Gasteiger partial charge in [0.05, 0.1) is 7.11 Å². The number of hydrogen-bond donors (Lipinski definition) is 0. The van der Waals surface area contributed by atoms with Crippen molar-refractivity contribution >= 4 is 27.3 Å². The highest BCUT2D eigenvalue weighted by Gasteiger charge is 2.06. The van der Waals surface area contributed by atoms with E-state index in [-0.39, 0.29) is 0 Å². The van der Waals surface area contributed by atoms with Crippen molar-refractivity contribution in [3.63, 3.8) is 0 Å². The van der Waals surface area contributed by atoms with Crippen LogP contribution in [0.5, 0.6) is 5.75 Å². The van der Waals surface area contributed by atoms with Crippen LogP contribution in [-0.2, 0) is 6.42 Å². The van der Waals surface area contributed by atoms with Gasteiger partial charge in [0.1, 0.15) is 10.8 Å². The summed E-state index contributed by atoms with van der Waals surface area (Å²) in [5.41, 5.74) is 1.13. The largest absolute Gasteiger partial charge is 0.496 e. The van der Waals surface area contributed by atoms with Crippen LogP contribution in [-0.4, -0.2) is 17.3 Å². The maximum Gasteiger partial charge on any atom is 0.183 e. The highest BCUT2D eigenvalue weighted by atomic mass is 79.9. The van der Waals surface area contributed by atoms with E-state index < -0.39 is 0 Å². The SMILES string of the molecule is COc1ccccc1Cc1nnc(Br)s1. The number of aromatic nitrogens is 2. The van der Waals surface area contributed by atoms with E-state index in [1.807, 2.05) is 24.3 Å². The Morgan fingerprint density at radius 1 is 1.33 bits per heavy atom. The summed E-state index contributed by atoms with van der Waals surface area (Å²) < 4.78 is 6.08. The zero-order chi connectivity index (χ0) is 10.7. The summed E-state index contributed by atoms with van der Waals surface area (Å²) in [7, 11) is 1.68. The highest BCUT2D eigenvalue weighted by Crippen LogP contribution is 2.23. The molecule has 1 heterocycles. The van der Waals surface area contributed by atoms with Gasteiger partial charge in [-0.15, -0.1) is 10.2 Å². The molecule has 0 radical (unpaired) electrons. The Kier molecular flexibility index (Phi) is 3.33. The Labute approximate surface area is 100 Å². The van der Waals surface area contributed by atoms with Crippen LogP contribution in [0.2, 0.25) is 0 Å². The van der Waals surface area contributed by atoms with Crippen molar-refractivity contribution in [1.82, 2.24) is 10.2 Å². The molecule has 0 unspecified atom stereocenters. The van der Waals surface area contributed by atoms with Gasteiger partial charge >= 0.3 is 0 Å². The number of para-hydroxylation sites is 1. The second-order valence-corrected chi connectivity index (χ2v) is 5.28. The number of methoxy groups -OCH3 is 1. The molecule has 0 saturated heterocycles. The molecule has 0 saturated carbocycles. The van der Waals surface area contributed by atoms with Crippen molar-refractivity contribution in [3.8, 4) is 5.75 Å². The van der Waals surface area contributed by atoms with Crippen molar-refractivity contribution in [2.45, 2.75) is 6.42 Å². The molecular formula is C10H9BrN2OS. The second kappa shape index (κ2) is 4.72. The molecule has 2 rings (SSSR count). The number of ether oxygens (including phenoxy) is 1. The quantitative estimate of drug-likeness (QED) is 0.869. The van der Waals surface area contributed by atoms with Crippen LogP contribution < -0.4 is 4.74 Å². The van der Waals surface area contributed by atoms with Gasteiger partial charge in [-0.05, 0) is 22.0 Å². The van der Waals surface area contributed by atoms with Crippen molar-refractivity contribution < 1.29 is 4.74 Å². The highest BCUT2D eigenvalue weighted by molar-refractivity contribution is 9.11. The van der Waals surface area contributed by atoms with Crippen LogP contribution in [0, 0.1) is 0 Å². The molecule has 1 aromatic heterocycles. The van der Waals surface area contributed by atoms with Crippen molar-refractivity contribution in [3.05, 3.63) is 38.8 Å². The van der Waals surface area contributed by atoms with E-state index in [1.165, 1.54) is 0 Å². The van der Waals surface area contributed by atoms with Crippen LogP contribution >= 0.6 is 27.3 Å². The minimum Gasteiger partial charge on any atom is -0.496 e. The maximum absolute atomic E-state index is 5.27. The van der Waals surface area contributed by atoms with Gasteiger partial charge in [0.15, 0.2) is 3.92 Å². The van der Waals surface area contributed by atoms with Crippen LogP contribution in [0.1, 0.15) is 10.6 Å². The fraction of sp³-hybridized carbons (Fsp3) is 0.200. The molecule has 0 aliphatic carbocycles. The Balaban J connectivity index is 2.23. The maximum atomic E-state index is 5.27. The molecule has 0 atom stereocenters. The molecule has 0 fully saturated rings. The molecule has 0 amide bonds. The lowest BCUT2D eigenvalue weighted by atomic mass is 10.1. The average Bonchev–Trinajstić information content (AvgIpc) is 2.65. The van der Waals surface area contributed by atoms with E-state index in [2.05, 4.69) is 26.1 Å². The molecule has 78 valence electrons. The van der Waals surface area contributed by atoms with Gasteiger partial charge in [-0.2, -0.15) is 0 Å². The average molecular weight is 285 g/mol. The lowest BCUT2D eigenvalue weighted by Crippen LogP contribution is -1.92. The standard InChI is InChI=1S/C10H9BrN2OS/c1-14-8-5-3-2-4-7(8)6-9-12-13-10(11)15-9/h2-5H,6H2,1H3. The molecule has 0 N–H and O–H groups in total. The Morgan fingerprint density at radius 2 is 2.13 bits per heavy atom. The van der Waals surface area contributed by atoms with Crippen molar-refractivity contribution in [2.75, 3.05) is 7.11 Å². The summed E-state index contributed by atoms with van der Waals surface area (Å²) in [5.74, 6) is 0.892. The smallest absolute Gasteiger partial charge is 0.183 e. The number of hydrogen-bond acceptors (Lipinski definition) is 4. The van der Waals surface area contributed by atoms with E-state index in [0.717, 1.165) is 26.7 Å². The van der Waals surface area contributed by atoms with Gasteiger partial charge in [-0.3, -0.25) is 0 Å². The molecule has 1 aromatic carbocycles. The number of rotatable bonds is 3. The third-order valence-corrected chi connectivity index (χ3v) is 3.33. The first-order valence-corrected chi connectivity index (χ1v) is 6.00. The van der Waals surface area contributed by atoms with E-state index in [1.54, 1.807) is 18.4 Å². The summed E-state index contributed by atoms with van der Waals surface area (Å²) in [5, 5.41) is 8.94. The molecule has 5 heteroatoms. The fourth-order valence-electron chi connectivity index (χ4n) is 1.32. The van der Waals surface area contributed by atoms with Gasteiger partial charge < -0.3 is 4.74 Å². The van der Waals surface area contributed by atoms with Gasteiger partial charge in [-0.1, -0.05) is 29.5 Å². The van der Waals surface area contributed by atoms with Gasteiger partial charge in [0.25, 0.3) is 0 Å². The third kappa shape index (κ3) is 2.54. The first kappa shape index (κ1) is 10.6.